The van der Waals surface area contributed by atoms with Crippen molar-refractivity contribution in [3.05, 3.63) is 63.6 Å². The number of hydrogen-bond acceptors (Lipinski definition) is 2. The van der Waals surface area contributed by atoms with Crippen LogP contribution in [0.5, 0.6) is 0 Å². The maximum atomic E-state index is 12.2. The molecule has 0 aliphatic carbocycles. The predicted octanol–water partition coefficient (Wildman–Crippen LogP) is 3.97. The smallest absolute Gasteiger partial charge is 0.247 e. The number of nitrogens with two attached hydrogens (primary N) is 1. The average molecular weight is 335 g/mol. The Bertz CT molecular complexity index is 715. The molecular formula is C17H16Cl2N2O. The van der Waals surface area contributed by atoms with Crippen LogP contribution in [0.3, 0.4) is 0 Å². The van der Waals surface area contributed by atoms with Crippen LogP contribution in [0.15, 0.2) is 42.5 Å². The molecule has 0 bridgehead atoms. The van der Waals surface area contributed by atoms with E-state index in [1.807, 2.05) is 12.1 Å². The molecule has 2 atom stereocenters. The Morgan fingerprint density at radius 3 is 2.36 bits per heavy atom. The summed E-state index contributed by atoms with van der Waals surface area (Å²) in [6.07, 6.45) is 0.979. The van der Waals surface area contributed by atoms with Gasteiger partial charge in [-0.25, -0.2) is 0 Å². The van der Waals surface area contributed by atoms with Crippen molar-refractivity contribution in [3.8, 4) is 0 Å². The molecule has 2 N–H and O–H groups in total. The average Bonchev–Trinajstić information content (AvgIpc) is 2.54. The number of nitrogens with zero attached hydrogens (tertiary/aromatic N) is 1. The molecule has 2 aromatic rings. The molecule has 0 radical (unpaired) electrons. The van der Waals surface area contributed by atoms with Gasteiger partial charge in [0.1, 0.15) is 6.04 Å². The third-order valence-corrected chi connectivity index (χ3v) is 4.79. The first-order valence-corrected chi connectivity index (χ1v) is 7.91. The van der Waals surface area contributed by atoms with Gasteiger partial charge in [-0.2, -0.15) is 0 Å². The summed E-state index contributed by atoms with van der Waals surface area (Å²) in [6.45, 7) is 2.11. The second kappa shape index (κ2) is 5.92. The first kappa shape index (κ1) is 15.3. The van der Waals surface area contributed by atoms with Gasteiger partial charge < -0.3 is 10.6 Å². The highest BCUT2D eigenvalue weighted by Crippen LogP contribution is 2.40. The fraction of sp³-hybridized carbons (Fsp3) is 0.235. The Morgan fingerprint density at radius 1 is 1.09 bits per heavy atom. The van der Waals surface area contributed by atoms with Gasteiger partial charge in [0.05, 0.1) is 16.1 Å². The molecular weight excluding hydrogens is 319 g/mol. The summed E-state index contributed by atoms with van der Waals surface area (Å²) < 4.78 is 0. The normalized spacial score (nSPS) is 20.9. The van der Waals surface area contributed by atoms with Gasteiger partial charge in [-0.15, -0.1) is 0 Å². The molecule has 0 aromatic heterocycles. The Labute approximate surface area is 139 Å². The molecule has 0 spiro atoms. The predicted molar refractivity (Wildman–Crippen MR) is 90.5 cm³/mol. The number of amides is 1. The molecule has 0 unspecified atom stereocenters. The number of halogens is 2. The Balaban J connectivity index is 1.95. The van der Waals surface area contributed by atoms with Gasteiger partial charge >= 0.3 is 0 Å². The van der Waals surface area contributed by atoms with Crippen LogP contribution >= 0.6 is 23.2 Å². The van der Waals surface area contributed by atoms with Crippen molar-refractivity contribution < 1.29 is 4.79 Å². The minimum absolute atomic E-state index is 0.108. The fourth-order valence-electron chi connectivity index (χ4n) is 2.74. The summed E-state index contributed by atoms with van der Waals surface area (Å²) >= 11 is 12.0. The van der Waals surface area contributed by atoms with E-state index in [1.165, 1.54) is 5.56 Å². The molecule has 3 nitrogen and oxygen atoms in total. The number of hydrogen-bond donors (Lipinski definition) is 1. The zero-order chi connectivity index (χ0) is 15.9. The van der Waals surface area contributed by atoms with Gasteiger partial charge in [-0.05, 0) is 35.7 Å². The first-order chi connectivity index (χ1) is 10.5. The standard InChI is InChI=1S/C17H16Cl2N2O/c1-2-10-3-5-11(6-4-10)16-15(20)17(22)21(16)12-7-8-13(18)14(19)9-12/h3-9,15-16H,2,20H2,1H3/t15-,16-/m0/s1. The van der Waals surface area contributed by atoms with E-state index < -0.39 is 6.04 Å². The number of benzene rings is 2. The number of rotatable bonds is 3. The summed E-state index contributed by atoms with van der Waals surface area (Å²) in [5.41, 5.74) is 9.01. The highest BCUT2D eigenvalue weighted by atomic mass is 35.5. The molecule has 1 heterocycles. The van der Waals surface area contributed by atoms with Crippen LogP contribution in [0.25, 0.3) is 0 Å². The summed E-state index contributed by atoms with van der Waals surface area (Å²) in [7, 11) is 0. The van der Waals surface area contributed by atoms with E-state index in [1.54, 1.807) is 23.1 Å². The molecule has 1 amide bonds. The van der Waals surface area contributed by atoms with Crippen molar-refractivity contribution in [2.75, 3.05) is 4.90 Å². The molecule has 1 saturated heterocycles. The number of β-lactam (4-membered cyclic amide) rings is 1. The third-order valence-electron chi connectivity index (χ3n) is 4.05. The van der Waals surface area contributed by atoms with Crippen LogP contribution in [0.1, 0.15) is 24.1 Å². The summed E-state index contributed by atoms with van der Waals surface area (Å²) in [4.78, 5) is 13.9. The van der Waals surface area contributed by atoms with Crippen molar-refractivity contribution >= 4 is 34.8 Å². The molecule has 22 heavy (non-hydrogen) atoms. The van der Waals surface area contributed by atoms with Crippen LogP contribution in [0, 0.1) is 0 Å². The van der Waals surface area contributed by atoms with Gasteiger partial charge in [-0.3, -0.25) is 4.79 Å². The lowest BCUT2D eigenvalue weighted by Gasteiger charge is -2.45. The maximum absolute atomic E-state index is 12.2. The molecule has 1 fully saturated rings. The van der Waals surface area contributed by atoms with Crippen LogP contribution in [0.4, 0.5) is 5.69 Å². The first-order valence-electron chi connectivity index (χ1n) is 7.15. The van der Waals surface area contributed by atoms with E-state index in [4.69, 9.17) is 28.9 Å². The summed E-state index contributed by atoms with van der Waals surface area (Å²) in [5, 5.41) is 0.888. The molecule has 0 saturated carbocycles. The number of aryl methyl sites for hydroxylation is 1. The molecule has 1 aliphatic heterocycles. The van der Waals surface area contributed by atoms with Gasteiger partial charge in [0, 0.05) is 5.69 Å². The van der Waals surface area contributed by atoms with Crippen molar-refractivity contribution in [3.63, 3.8) is 0 Å². The zero-order valence-corrected chi connectivity index (χ0v) is 13.6. The van der Waals surface area contributed by atoms with Gasteiger partial charge in [-0.1, -0.05) is 54.4 Å². The zero-order valence-electron chi connectivity index (χ0n) is 12.1. The highest BCUT2D eigenvalue weighted by Gasteiger charge is 2.46. The lowest BCUT2D eigenvalue weighted by Crippen LogP contribution is -2.63. The van der Waals surface area contributed by atoms with Gasteiger partial charge in [0.25, 0.3) is 0 Å². The molecule has 2 aromatic carbocycles. The molecule has 114 valence electrons. The van der Waals surface area contributed by atoms with E-state index in [9.17, 15) is 4.79 Å². The monoisotopic (exact) mass is 334 g/mol. The van der Waals surface area contributed by atoms with Crippen molar-refractivity contribution in [1.29, 1.82) is 0 Å². The topological polar surface area (TPSA) is 46.3 Å². The Hall–Kier alpha value is -1.55. The lowest BCUT2D eigenvalue weighted by atomic mass is 9.88. The number of carbonyl (C=O) groups excluding carboxylic acids is 1. The molecule has 1 aliphatic rings. The minimum atomic E-state index is -0.526. The van der Waals surface area contributed by atoms with E-state index in [2.05, 4.69) is 19.1 Å². The van der Waals surface area contributed by atoms with Crippen LogP contribution in [-0.4, -0.2) is 11.9 Å². The van der Waals surface area contributed by atoms with E-state index in [-0.39, 0.29) is 11.9 Å². The maximum Gasteiger partial charge on any atom is 0.247 e. The molecule has 3 rings (SSSR count). The van der Waals surface area contributed by atoms with Gasteiger partial charge in [0.2, 0.25) is 5.91 Å². The van der Waals surface area contributed by atoms with Crippen molar-refractivity contribution in [1.82, 2.24) is 0 Å². The van der Waals surface area contributed by atoms with Crippen LogP contribution in [0.2, 0.25) is 10.0 Å². The van der Waals surface area contributed by atoms with E-state index in [0.717, 1.165) is 12.0 Å². The quantitative estimate of drug-likeness (QED) is 0.863. The van der Waals surface area contributed by atoms with Gasteiger partial charge in [0.15, 0.2) is 0 Å². The van der Waals surface area contributed by atoms with Crippen molar-refractivity contribution in [2.45, 2.75) is 25.4 Å². The van der Waals surface area contributed by atoms with Crippen LogP contribution < -0.4 is 10.6 Å². The van der Waals surface area contributed by atoms with E-state index >= 15 is 0 Å². The highest BCUT2D eigenvalue weighted by molar-refractivity contribution is 6.42. The summed E-state index contributed by atoms with van der Waals surface area (Å²) in [6, 6.07) is 12.7. The second-order valence-electron chi connectivity index (χ2n) is 5.37. The number of anilines is 1. The fourth-order valence-corrected chi connectivity index (χ4v) is 3.03. The van der Waals surface area contributed by atoms with Crippen molar-refractivity contribution in [2.24, 2.45) is 5.73 Å². The largest absolute Gasteiger partial charge is 0.318 e. The Kier molecular flexibility index (Phi) is 4.13. The molecule has 5 heteroatoms. The summed E-state index contributed by atoms with van der Waals surface area (Å²) in [5.74, 6) is -0.108. The minimum Gasteiger partial charge on any atom is -0.318 e. The SMILES string of the molecule is CCc1ccc([C@H]2[C@H](N)C(=O)N2c2ccc(Cl)c(Cl)c2)cc1. The third kappa shape index (κ3) is 2.50. The second-order valence-corrected chi connectivity index (χ2v) is 6.19. The van der Waals surface area contributed by atoms with E-state index in [0.29, 0.717) is 15.7 Å². The van der Waals surface area contributed by atoms with Crippen LogP contribution in [-0.2, 0) is 11.2 Å². The Morgan fingerprint density at radius 2 is 1.77 bits per heavy atom. The number of carbonyl (C=O) groups is 1. The lowest BCUT2D eigenvalue weighted by molar-refractivity contribution is -0.126.